The van der Waals surface area contributed by atoms with E-state index in [9.17, 15) is 18.0 Å². The third-order valence-corrected chi connectivity index (χ3v) is 3.37. The van der Waals surface area contributed by atoms with Crippen molar-refractivity contribution in [3.63, 3.8) is 0 Å². The molecule has 1 N–H and O–H groups in total. The largest absolute Gasteiger partial charge is 0.468 e. The summed E-state index contributed by atoms with van der Waals surface area (Å²) in [6.07, 6.45) is -1.62. The number of alkyl halides is 3. The van der Waals surface area contributed by atoms with E-state index in [1.807, 2.05) is 17.7 Å². The summed E-state index contributed by atoms with van der Waals surface area (Å²) in [5.41, 5.74) is 2.40. The first-order chi connectivity index (χ1) is 11.8. The quantitative estimate of drug-likeness (QED) is 0.785. The van der Waals surface area contributed by atoms with E-state index in [0.29, 0.717) is 5.69 Å². The average Bonchev–Trinajstić information content (AvgIpc) is 2.93. The van der Waals surface area contributed by atoms with Crippen LogP contribution in [-0.2, 0) is 7.05 Å². The fraction of sp³-hybridized carbons (Fsp3) is 0.188. The van der Waals surface area contributed by atoms with Gasteiger partial charge >= 0.3 is 6.18 Å². The molecule has 1 amide bonds. The van der Waals surface area contributed by atoms with E-state index in [4.69, 9.17) is 0 Å². The van der Waals surface area contributed by atoms with Gasteiger partial charge in [-0.15, -0.1) is 0 Å². The Morgan fingerprint density at radius 1 is 1.24 bits per heavy atom. The van der Waals surface area contributed by atoms with Gasteiger partial charge in [0.2, 0.25) is 5.88 Å². The summed E-state index contributed by atoms with van der Waals surface area (Å²) in [4.78, 5) is 20.1. The van der Waals surface area contributed by atoms with Crippen LogP contribution in [0.1, 0.15) is 10.4 Å². The molecule has 0 saturated heterocycles. The molecular formula is C16H13F3N4O2. The molecule has 0 aliphatic heterocycles. The van der Waals surface area contributed by atoms with Gasteiger partial charge in [-0.25, -0.2) is 9.97 Å². The second-order valence-electron chi connectivity index (χ2n) is 5.30. The topological polar surface area (TPSA) is 69.0 Å². The number of hydrogen-bond acceptors (Lipinski definition) is 4. The number of hydrogen-bond donors (Lipinski definition) is 1. The molecule has 2 heterocycles. The lowest BCUT2D eigenvalue weighted by Crippen LogP contribution is -2.19. The third kappa shape index (κ3) is 4.06. The molecule has 0 spiro atoms. The van der Waals surface area contributed by atoms with Crippen molar-refractivity contribution in [3.8, 4) is 5.88 Å². The fourth-order valence-corrected chi connectivity index (χ4v) is 2.17. The van der Waals surface area contributed by atoms with Gasteiger partial charge in [-0.05, 0) is 24.3 Å². The number of imidazole rings is 1. The number of amides is 1. The van der Waals surface area contributed by atoms with E-state index in [1.54, 1.807) is 18.5 Å². The normalized spacial score (nSPS) is 11.5. The number of ether oxygens (including phenoxy) is 1. The van der Waals surface area contributed by atoms with Crippen LogP contribution < -0.4 is 10.1 Å². The Kier molecular flexibility index (Phi) is 4.30. The number of carbonyl (C=O) groups excluding carboxylic acids is 1. The van der Waals surface area contributed by atoms with Crippen molar-refractivity contribution < 1.29 is 22.7 Å². The molecule has 1 aromatic carbocycles. The number of nitrogens with one attached hydrogen (secondary N) is 1. The Morgan fingerprint density at radius 3 is 2.72 bits per heavy atom. The van der Waals surface area contributed by atoms with Gasteiger partial charge in [0.1, 0.15) is 0 Å². The second-order valence-corrected chi connectivity index (χ2v) is 5.30. The van der Waals surface area contributed by atoms with Gasteiger partial charge in [0.15, 0.2) is 6.61 Å². The molecule has 0 unspecified atom stereocenters. The molecule has 2 aromatic heterocycles. The van der Waals surface area contributed by atoms with Crippen molar-refractivity contribution >= 4 is 22.6 Å². The zero-order chi connectivity index (χ0) is 18.0. The number of anilines is 1. The van der Waals surface area contributed by atoms with Gasteiger partial charge in [0.25, 0.3) is 5.91 Å². The van der Waals surface area contributed by atoms with Crippen LogP contribution in [0.25, 0.3) is 11.0 Å². The van der Waals surface area contributed by atoms with Gasteiger partial charge in [-0.2, -0.15) is 13.2 Å². The molecule has 0 aliphatic rings. The van der Waals surface area contributed by atoms with E-state index < -0.39 is 18.7 Å². The molecule has 0 saturated carbocycles. The van der Waals surface area contributed by atoms with Crippen LogP contribution in [0.15, 0.2) is 42.9 Å². The van der Waals surface area contributed by atoms with Crippen molar-refractivity contribution in [2.75, 3.05) is 11.9 Å². The van der Waals surface area contributed by atoms with Crippen LogP contribution in [0.5, 0.6) is 5.88 Å². The Bertz CT molecular complexity index is 904. The molecule has 0 atom stereocenters. The number of rotatable bonds is 4. The maximum atomic E-state index is 12.2. The van der Waals surface area contributed by atoms with Gasteiger partial charge < -0.3 is 14.6 Å². The molecule has 0 aliphatic carbocycles. The lowest BCUT2D eigenvalue weighted by molar-refractivity contribution is -0.154. The molecule has 3 rings (SSSR count). The zero-order valence-electron chi connectivity index (χ0n) is 13.0. The standard InChI is InChI=1S/C16H13F3N4O2/c1-23-9-21-12-6-11(3-4-13(12)23)22-15(24)10-2-5-14(20-7-10)25-8-16(17,18)19/h2-7,9H,8H2,1H3,(H,22,24). The summed E-state index contributed by atoms with van der Waals surface area (Å²) >= 11 is 0. The Morgan fingerprint density at radius 2 is 2.04 bits per heavy atom. The zero-order valence-corrected chi connectivity index (χ0v) is 13.0. The predicted octanol–water partition coefficient (Wildman–Crippen LogP) is 3.16. The van der Waals surface area contributed by atoms with Crippen LogP contribution in [0.3, 0.4) is 0 Å². The number of aromatic nitrogens is 3. The molecule has 130 valence electrons. The monoisotopic (exact) mass is 350 g/mol. The number of pyridine rings is 1. The summed E-state index contributed by atoms with van der Waals surface area (Å²) < 4.78 is 42.6. The molecule has 9 heteroatoms. The van der Waals surface area contributed by atoms with Gasteiger partial charge in [0.05, 0.1) is 22.9 Å². The van der Waals surface area contributed by atoms with Crippen LogP contribution >= 0.6 is 0 Å². The lowest BCUT2D eigenvalue weighted by Gasteiger charge is -2.09. The SMILES string of the molecule is Cn1cnc2cc(NC(=O)c3ccc(OCC(F)(F)F)nc3)ccc21. The smallest absolute Gasteiger partial charge is 0.422 e. The Balaban J connectivity index is 1.67. The number of halogens is 3. The summed E-state index contributed by atoms with van der Waals surface area (Å²) in [5, 5.41) is 2.69. The van der Waals surface area contributed by atoms with E-state index in [2.05, 4.69) is 20.0 Å². The molecule has 0 radical (unpaired) electrons. The summed E-state index contributed by atoms with van der Waals surface area (Å²) in [5.74, 6) is -0.645. The highest BCUT2D eigenvalue weighted by molar-refractivity contribution is 6.04. The maximum absolute atomic E-state index is 12.2. The van der Waals surface area contributed by atoms with E-state index >= 15 is 0 Å². The molecule has 3 aromatic rings. The first kappa shape index (κ1) is 16.7. The van der Waals surface area contributed by atoms with Crippen molar-refractivity contribution in [1.29, 1.82) is 0 Å². The molecule has 25 heavy (non-hydrogen) atoms. The van der Waals surface area contributed by atoms with Crippen LogP contribution in [0.2, 0.25) is 0 Å². The number of aryl methyl sites for hydroxylation is 1. The van der Waals surface area contributed by atoms with Gasteiger partial charge in [0, 0.05) is 25.0 Å². The maximum Gasteiger partial charge on any atom is 0.422 e. The molecule has 0 bridgehead atoms. The first-order valence-corrected chi connectivity index (χ1v) is 7.20. The molecule has 0 fully saturated rings. The van der Waals surface area contributed by atoms with Crippen LogP contribution in [0, 0.1) is 0 Å². The minimum atomic E-state index is -4.44. The predicted molar refractivity (Wildman–Crippen MR) is 84.5 cm³/mol. The molecular weight excluding hydrogens is 337 g/mol. The first-order valence-electron chi connectivity index (χ1n) is 7.20. The highest BCUT2D eigenvalue weighted by Crippen LogP contribution is 2.19. The molecule has 6 nitrogen and oxygen atoms in total. The van der Waals surface area contributed by atoms with Crippen molar-refractivity contribution in [2.45, 2.75) is 6.18 Å². The summed E-state index contributed by atoms with van der Waals surface area (Å²) in [6, 6.07) is 7.83. The Labute approximate surface area is 140 Å². The number of fused-ring (bicyclic) bond motifs is 1. The number of carbonyl (C=O) groups is 1. The lowest BCUT2D eigenvalue weighted by atomic mass is 10.2. The third-order valence-electron chi connectivity index (χ3n) is 3.37. The Hall–Kier alpha value is -3.10. The highest BCUT2D eigenvalue weighted by Gasteiger charge is 2.28. The van der Waals surface area contributed by atoms with Crippen LogP contribution in [-0.4, -0.2) is 33.2 Å². The number of benzene rings is 1. The van der Waals surface area contributed by atoms with Gasteiger partial charge in [-0.1, -0.05) is 0 Å². The highest BCUT2D eigenvalue weighted by atomic mass is 19.4. The average molecular weight is 350 g/mol. The van der Waals surface area contributed by atoms with E-state index in [1.165, 1.54) is 12.1 Å². The van der Waals surface area contributed by atoms with Crippen LogP contribution in [0.4, 0.5) is 18.9 Å². The van der Waals surface area contributed by atoms with Gasteiger partial charge in [-0.3, -0.25) is 4.79 Å². The van der Waals surface area contributed by atoms with Crippen molar-refractivity contribution in [1.82, 2.24) is 14.5 Å². The number of nitrogens with zero attached hydrogens (tertiary/aromatic N) is 3. The van der Waals surface area contributed by atoms with E-state index in [-0.39, 0.29) is 11.4 Å². The summed E-state index contributed by atoms with van der Waals surface area (Å²) in [7, 11) is 1.86. The van der Waals surface area contributed by atoms with Crippen molar-refractivity contribution in [3.05, 3.63) is 48.4 Å². The second kappa shape index (κ2) is 6.42. The minimum absolute atomic E-state index is 0.195. The van der Waals surface area contributed by atoms with E-state index in [0.717, 1.165) is 17.2 Å². The van der Waals surface area contributed by atoms with Crippen molar-refractivity contribution in [2.24, 2.45) is 7.05 Å². The minimum Gasteiger partial charge on any atom is -0.468 e. The summed E-state index contributed by atoms with van der Waals surface area (Å²) in [6.45, 7) is -1.43. The fourth-order valence-electron chi connectivity index (χ4n) is 2.17.